The largest absolute Gasteiger partial charge is 0.497 e. The lowest BCUT2D eigenvalue weighted by molar-refractivity contribution is 0.0397. The highest BCUT2D eigenvalue weighted by atomic mass is 32.2. The highest BCUT2D eigenvalue weighted by molar-refractivity contribution is 7.99. The maximum Gasteiger partial charge on any atom is 0.196 e. The fraction of sp³-hybridized carbons (Fsp3) is 0.208. The smallest absolute Gasteiger partial charge is 0.196 e. The zero-order valence-corrected chi connectivity index (χ0v) is 18.8. The summed E-state index contributed by atoms with van der Waals surface area (Å²) in [6.45, 7) is 0.574. The molecule has 0 spiro atoms. The van der Waals surface area contributed by atoms with Crippen LogP contribution in [0.4, 0.5) is 4.39 Å². The molecular formula is C24H23FN4O3S. The Balaban J connectivity index is 1.41. The van der Waals surface area contributed by atoms with Gasteiger partial charge in [-0.1, -0.05) is 23.9 Å². The Labute approximate surface area is 195 Å². The van der Waals surface area contributed by atoms with E-state index in [1.54, 1.807) is 31.6 Å². The van der Waals surface area contributed by atoms with E-state index >= 15 is 0 Å². The molecule has 0 saturated carbocycles. The molecule has 4 aromatic rings. The molecule has 2 aromatic carbocycles. The average molecular weight is 467 g/mol. The van der Waals surface area contributed by atoms with Crippen LogP contribution >= 0.6 is 11.8 Å². The van der Waals surface area contributed by atoms with Gasteiger partial charge in [-0.05, 0) is 54.1 Å². The van der Waals surface area contributed by atoms with Gasteiger partial charge in [0.1, 0.15) is 11.6 Å². The Morgan fingerprint density at radius 2 is 1.73 bits per heavy atom. The highest BCUT2D eigenvalue weighted by Crippen LogP contribution is 2.28. The van der Waals surface area contributed by atoms with E-state index in [2.05, 4.69) is 15.2 Å². The van der Waals surface area contributed by atoms with Gasteiger partial charge in [-0.15, -0.1) is 10.2 Å². The van der Waals surface area contributed by atoms with E-state index in [1.807, 2.05) is 41.0 Å². The van der Waals surface area contributed by atoms with Gasteiger partial charge in [0.15, 0.2) is 11.0 Å². The number of benzene rings is 2. The highest BCUT2D eigenvalue weighted by Gasteiger charge is 2.17. The summed E-state index contributed by atoms with van der Waals surface area (Å²) in [5.74, 6) is 1.43. The van der Waals surface area contributed by atoms with E-state index in [9.17, 15) is 9.50 Å². The van der Waals surface area contributed by atoms with E-state index < -0.39 is 6.10 Å². The van der Waals surface area contributed by atoms with Gasteiger partial charge in [0.2, 0.25) is 0 Å². The normalized spacial score (nSPS) is 12.0. The van der Waals surface area contributed by atoms with Gasteiger partial charge in [0.25, 0.3) is 0 Å². The van der Waals surface area contributed by atoms with Gasteiger partial charge in [0, 0.05) is 29.4 Å². The molecule has 9 heteroatoms. The summed E-state index contributed by atoms with van der Waals surface area (Å²) in [4.78, 5) is 4.04. The Morgan fingerprint density at radius 3 is 2.42 bits per heavy atom. The molecule has 170 valence electrons. The van der Waals surface area contributed by atoms with Crippen molar-refractivity contribution in [2.75, 3.05) is 19.5 Å². The van der Waals surface area contributed by atoms with Crippen LogP contribution in [-0.2, 0) is 11.3 Å². The summed E-state index contributed by atoms with van der Waals surface area (Å²) in [6, 6.07) is 17.4. The van der Waals surface area contributed by atoms with Crippen molar-refractivity contribution < 1.29 is 19.0 Å². The third kappa shape index (κ3) is 5.95. The van der Waals surface area contributed by atoms with Crippen molar-refractivity contribution in [1.29, 1.82) is 0 Å². The van der Waals surface area contributed by atoms with E-state index in [4.69, 9.17) is 9.47 Å². The zero-order valence-electron chi connectivity index (χ0n) is 18.0. The molecule has 0 radical (unpaired) electrons. The predicted molar refractivity (Wildman–Crippen MR) is 124 cm³/mol. The minimum absolute atomic E-state index is 0.181. The number of aliphatic hydroxyl groups is 1. The summed E-state index contributed by atoms with van der Waals surface area (Å²) in [7, 11) is 1.62. The Morgan fingerprint density at radius 1 is 1.00 bits per heavy atom. The Bertz CT molecular complexity index is 1150. The van der Waals surface area contributed by atoms with Crippen molar-refractivity contribution in [1.82, 2.24) is 19.7 Å². The topological polar surface area (TPSA) is 82.3 Å². The first-order valence-electron chi connectivity index (χ1n) is 10.3. The van der Waals surface area contributed by atoms with E-state index in [0.29, 0.717) is 23.3 Å². The monoisotopic (exact) mass is 466 g/mol. The number of aromatic nitrogens is 4. The quantitative estimate of drug-likeness (QED) is 0.352. The predicted octanol–water partition coefficient (Wildman–Crippen LogP) is 4.15. The van der Waals surface area contributed by atoms with E-state index in [0.717, 1.165) is 22.6 Å². The summed E-state index contributed by atoms with van der Waals surface area (Å²) < 4.78 is 26.1. The van der Waals surface area contributed by atoms with Crippen LogP contribution in [0.2, 0.25) is 0 Å². The molecule has 0 fully saturated rings. The molecule has 1 atom stereocenters. The minimum atomic E-state index is -0.698. The molecule has 1 N–H and O–H groups in total. The van der Waals surface area contributed by atoms with Gasteiger partial charge in [-0.2, -0.15) is 0 Å². The Kier molecular flexibility index (Phi) is 7.66. The van der Waals surface area contributed by atoms with Crippen LogP contribution in [0, 0.1) is 5.82 Å². The third-order valence-electron chi connectivity index (χ3n) is 4.80. The number of ether oxygens (including phenoxy) is 2. The van der Waals surface area contributed by atoms with Crippen molar-refractivity contribution in [2.45, 2.75) is 17.9 Å². The average Bonchev–Trinajstić information content (AvgIpc) is 3.28. The lowest BCUT2D eigenvalue weighted by Crippen LogP contribution is -2.18. The van der Waals surface area contributed by atoms with Gasteiger partial charge in [0.05, 0.1) is 26.4 Å². The van der Waals surface area contributed by atoms with E-state index in [1.165, 1.54) is 23.9 Å². The van der Waals surface area contributed by atoms with Gasteiger partial charge >= 0.3 is 0 Å². The van der Waals surface area contributed by atoms with Crippen molar-refractivity contribution in [3.8, 4) is 22.8 Å². The lowest BCUT2D eigenvalue weighted by atomic mass is 10.2. The lowest BCUT2D eigenvalue weighted by Gasteiger charge is -2.13. The van der Waals surface area contributed by atoms with Crippen molar-refractivity contribution >= 4 is 11.8 Å². The summed E-state index contributed by atoms with van der Waals surface area (Å²) in [5, 5.41) is 19.6. The molecule has 7 nitrogen and oxygen atoms in total. The number of thioether (sulfide) groups is 1. The van der Waals surface area contributed by atoms with Crippen LogP contribution in [0.25, 0.3) is 17.1 Å². The molecular weight excluding hydrogens is 443 g/mol. The SMILES string of the molecule is COc1ccc(COC[C@H](O)CSc2nnc(-c3ccncc3)n2-c2ccc(F)cc2)cc1. The number of halogens is 1. The summed E-state index contributed by atoms with van der Waals surface area (Å²) >= 11 is 1.35. The first kappa shape index (κ1) is 22.9. The van der Waals surface area contributed by atoms with Gasteiger partial charge in [-0.25, -0.2) is 4.39 Å². The second-order valence-corrected chi connectivity index (χ2v) is 8.17. The summed E-state index contributed by atoms with van der Waals surface area (Å²) in [6.07, 6.45) is 2.65. The number of pyridine rings is 1. The maximum atomic E-state index is 13.5. The van der Waals surface area contributed by atoms with Crippen molar-refractivity contribution in [3.05, 3.63) is 84.4 Å². The molecule has 0 unspecified atom stereocenters. The van der Waals surface area contributed by atoms with E-state index in [-0.39, 0.29) is 12.4 Å². The van der Waals surface area contributed by atoms with Crippen molar-refractivity contribution in [3.63, 3.8) is 0 Å². The molecule has 2 heterocycles. The fourth-order valence-electron chi connectivity index (χ4n) is 3.13. The number of hydrogen-bond acceptors (Lipinski definition) is 7. The molecule has 2 aromatic heterocycles. The first-order chi connectivity index (χ1) is 16.1. The molecule has 0 aliphatic carbocycles. The molecule has 0 saturated heterocycles. The van der Waals surface area contributed by atoms with Crippen LogP contribution in [0.3, 0.4) is 0 Å². The standard InChI is InChI=1S/C24H23FN4O3S/c1-31-22-8-2-17(3-9-22)14-32-15-21(30)16-33-24-28-27-23(18-10-12-26-13-11-18)29(24)20-6-4-19(25)5-7-20/h2-13,21,30H,14-16H2,1H3/t21-/m0/s1. The first-order valence-corrected chi connectivity index (χ1v) is 11.3. The molecule has 33 heavy (non-hydrogen) atoms. The molecule has 0 aliphatic rings. The molecule has 0 amide bonds. The summed E-state index contributed by atoms with van der Waals surface area (Å²) in [5.41, 5.74) is 2.55. The number of rotatable bonds is 10. The van der Waals surface area contributed by atoms with Gasteiger partial charge < -0.3 is 14.6 Å². The number of nitrogens with zero attached hydrogens (tertiary/aromatic N) is 4. The van der Waals surface area contributed by atoms with Crippen LogP contribution in [0.5, 0.6) is 5.75 Å². The second-order valence-electron chi connectivity index (χ2n) is 7.18. The Hall–Kier alpha value is -3.27. The zero-order chi connectivity index (χ0) is 23.0. The maximum absolute atomic E-state index is 13.5. The minimum Gasteiger partial charge on any atom is -0.497 e. The molecule has 4 rings (SSSR count). The number of hydrogen-bond donors (Lipinski definition) is 1. The van der Waals surface area contributed by atoms with Crippen LogP contribution in [0.15, 0.2) is 78.2 Å². The number of methoxy groups -OCH3 is 1. The van der Waals surface area contributed by atoms with Crippen molar-refractivity contribution in [2.24, 2.45) is 0 Å². The van der Waals surface area contributed by atoms with Crippen LogP contribution < -0.4 is 4.74 Å². The fourth-order valence-corrected chi connectivity index (χ4v) is 3.98. The third-order valence-corrected chi connectivity index (χ3v) is 5.87. The van der Waals surface area contributed by atoms with Crippen LogP contribution in [0.1, 0.15) is 5.56 Å². The van der Waals surface area contributed by atoms with Crippen LogP contribution in [-0.4, -0.2) is 50.4 Å². The molecule has 0 aliphatic heterocycles. The second kappa shape index (κ2) is 11.0. The number of aliphatic hydroxyl groups excluding tert-OH is 1. The molecule has 0 bridgehead atoms. The van der Waals surface area contributed by atoms with Gasteiger partial charge in [-0.3, -0.25) is 9.55 Å².